The van der Waals surface area contributed by atoms with E-state index in [0.717, 1.165) is 38.3 Å². The Morgan fingerprint density at radius 1 is 1.04 bits per heavy atom. The molecule has 0 amide bonds. The van der Waals surface area contributed by atoms with Gasteiger partial charge in [-0.2, -0.15) is 0 Å². The first kappa shape index (κ1) is 20.2. The van der Waals surface area contributed by atoms with Gasteiger partial charge in [0.15, 0.2) is 0 Å². The van der Waals surface area contributed by atoms with Gasteiger partial charge in [0.05, 0.1) is 4.92 Å². The second kappa shape index (κ2) is 9.59. The van der Waals surface area contributed by atoms with E-state index in [1.54, 1.807) is 12.1 Å². The Morgan fingerprint density at radius 2 is 1.64 bits per heavy atom. The van der Waals surface area contributed by atoms with Crippen LogP contribution < -0.4 is 4.74 Å². The topological polar surface area (TPSA) is 79.1 Å². The fourth-order valence-corrected chi connectivity index (χ4v) is 3.19. The number of aliphatic hydroxyl groups excluding tert-OH is 1. The molecule has 2 aromatic carbocycles. The average Bonchev–Trinajstić information content (AvgIpc) is 2.70. The summed E-state index contributed by atoms with van der Waals surface area (Å²) in [5.74, 6) is 0.271. The Hall–Kier alpha value is -2.55. The van der Waals surface area contributed by atoms with Gasteiger partial charge in [0.2, 0.25) is 0 Å². The highest BCUT2D eigenvalue weighted by atomic mass is 19.1. The van der Waals surface area contributed by atoms with Gasteiger partial charge in [-0.05, 0) is 29.8 Å². The minimum Gasteiger partial charge on any atom is -0.491 e. The summed E-state index contributed by atoms with van der Waals surface area (Å²) in [6.45, 7) is 4.89. The predicted molar refractivity (Wildman–Crippen MR) is 103 cm³/mol. The zero-order valence-corrected chi connectivity index (χ0v) is 15.5. The molecule has 0 saturated carbocycles. The molecule has 2 aromatic rings. The Morgan fingerprint density at radius 3 is 2.25 bits per heavy atom. The van der Waals surface area contributed by atoms with Crippen LogP contribution in [0.3, 0.4) is 0 Å². The molecule has 8 heteroatoms. The number of hydrogen-bond acceptors (Lipinski definition) is 6. The number of benzene rings is 2. The zero-order chi connectivity index (χ0) is 19.9. The Bertz CT molecular complexity index is 762. The largest absolute Gasteiger partial charge is 0.491 e. The minimum atomic E-state index is -0.640. The molecule has 1 heterocycles. The monoisotopic (exact) mass is 389 g/mol. The van der Waals surface area contributed by atoms with Crippen LogP contribution in [-0.4, -0.2) is 65.3 Å². The highest BCUT2D eigenvalue weighted by Crippen LogP contribution is 2.17. The second-order valence-electron chi connectivity index (χ2n) is 6.92. The summed E-state index contributed by atoms with van der Waals surface area (Å²) in [7, 11) is 0. The molecule has 0 radical (unpaired) electrons. The van der Waals surface area contributed by atoms with Crippen molar-refractivity contribution in [2.24, 2.45) is 0 Å². The lowest BCUT2D eigenvalue weighted by Crippen LogP contribution is -2.48. The number of nitro benzene ring substituents is 1. The van der Waals surface area contributed by atoms with Crippen LogP contribution in [-0.2, 0) is 6.54 Å². The number of nitrogens with zero attached hydrogens (tertiary/aromatic N) is 3. The van der Waals surface area contributed by atoms with E-state index in [-0.39, 0.29) is 18.1 Å². The number of hydrogen-bond donors (Lipinski definition) is 1. The number of rotatable bonds is 8. The Balaban J connectivity index is 1.36. The molecular formula is C20H24FN3O4. The smallest absolute Gasteiger partial charge is 0.269 e. The molecule has 0 aliphatic carbocycles. The van der Waals surface area contributed by atoms with E-state index < -0.39 is 11.0 Å². The highest BCUT2D eigenvalue weighted by Gasteiger charge is 2.19. The van der Waals surface area contributed by atoms with Gasteiger partial charge in [-0.3, -0.25) is 19.9 Å². The van der Waals surface area contributed by atoms with E-state index in [9.17, 15) is 19.6 Å². The van der Waals surface area contributed by atoms with Crippen molar-refractivity contribution in [1.29, 1.82) is 0 Å². The van der Waals surface area contributed by atoms with Crippen molar-refractivity contribution in [3.8, 4) is 5.75 Å². The summed E-state index contributed by atoms with van der Waals surface area (Å²) in [4.78, 5) is 14.7. The van der Waals surface area contributed by atoms with E-state index in [4.69, 9.17) is 4.74 Å². The van der Waals surface area contributed by atoms with Crippen molar-refractivity contribution in [2.75, 3.05) is 39.3 Å². The Kier molecular flexibility index (Phi) is 6.91. The van der Waals surface area contributed by atoms with Gasteiger partial charge in [0.1, 0.15) is 24.3 Å². The van der Waals surface area contributed by atoms with Gasteiger partial charge < -0.3 is 9.84 Å². The van der Waals surface area contributed by atoms with Gasteiger partial charge in [-0.25, -0.2) is 4.39 Å². The summed E-state index contributed by atoms with van der Waals surface area (Å²) >= 11 is 0. The quantitative estimate of drug-likeness (QED) is 0.551. The standard InChI is InChI=1S/C20H24FN3O4/c21-17-3-1-16(2-4-17)13-22-9-11-23(12-10-22)14-19(25)15-28-20-7-5-18(6-8-20)24(26)27/h1-8,19,25H,9-15H2. The number of β-amino-alcohol motifs (C(OH)–C–C–N with tert-alkyl or cyclic N) is 1. The fraction of sp³-hybridized carbons (Fsp3) is 0.400. The van der Waals surface area contributed by atoms with Crippen LogP contribution in [0.25, 0.3) is 0 Å². The van der Waals surface area contributed by atoms with Gasteiger partial charge in [-0.1, -0.05) is 12.1 Å². The summed E-state index contributed by atoms with van der Waals surface area (Å²) in [5, 5.41) is 20.8. The predicted octanol–water partition coefficient (Wildman–Crippen LogP) is 2.29. The summed E-state index contributed by atoms with van der Waals surface area (Å²) in [5.41, 5.74) is 1.10. The molecule has 1 saturated heterocycles. The van der Waals surface area contributed by atoms with Gasteiger partial charge in [0, 0.05) is 51.4 Å². The van der Waals surface area contributed by atoms with Gasteiger partial charge >= 0.3 is 0 Å². The molecule has 150 valence electrons. The number of aliphatic hydroxyl groups is 1. The number of piperazine rings is 1. The Labute approximate surface area is 163 Å². The van der Waals surface area contributed by atoms with E-state index in [0.29, 0.717) is 12.3 Å². The van der Waals surface area contributed by atoms with Crippen LogP contribution in [0.5, 0.6) is 5.75 Å². The summed E-state index contributed by atoms with van der Waals surface area (Å²) in [6, 6.07) is 12.4. The number of halogens is 1. The van der Waals surface area contributed by atoms with Gasteiger partial charge in [0.25, 0.3) is 5.69 Å². The first-order valence-corrected chi connectivity index (χ1v) is 9.24. The number of ether oxygens (including phenoxy) is 1. The molecule has 0 spiro atoms. The van der Waals surface area contributed by atoms with Gasteiger partial charge in [-0.15, -0.1) is 0 Å². The maximum absolute atomic E-state index is 13.0. The molecule has 1 aliphatic heterocycles. The lowest BCUT2D eigenvalue weighted by molar-refractivity contribution is -0.384. The maximum atomic E-state index is 13.0. The molecule has 28 heavy (non-hydrogen) atoms. The molecular weight excluding hydrogens is 365 g/mol. The molecule has 3 rings (SSSR count). The summed E-state index contributed by atoms with van der Waals surface area (Å²) in [6.07, 6.45) is -0.640. The van der Waals surface area contributed by atoms with Crippen LogP contribution >= 0.6 is 0 Å². The zero-order valence-electron chi connectivity index (χ0n) is 15.5. The van der Waals surface area contributed by atoms with Crippen LogP contribution in [0.4, 0.5) is 10.1 Å². The van der Waals surface area contributed by atoms with Crippen LogP contribution in [0.2, 0.25) is 0 Å². The van der Waals surface area contributed by atoms with Crippen molar-refractivity contribution in [3.63, 3.8) is 0 Å². The third-order valence-corrected chi connectivity index (χ3v) is 4.74. The highest BCUT2D eigenvalue weighted by molar-refractivity contribution is 5.35. The first-order chi connectivity index (χ1) is 13.5. The normalized spacial score (nSPS) is 16.6. The molecule has 0 bridgehead atoms. The molecule has 1 unspecified atom stereocenters. The first-order valence-electron chi connectivity index (χ1n) is 9.24. The average molecular weight is 389 g/mol. The van der Waals surface area contributed by atoms with Crippen molar-refractivity contribution >= 4 is 5.69 Å². The van der Waals surface area contributed by atoms with E-state index in [1.165, 1.54) is 36.4 Å². The minimum absolute atomic E-state index is 0.00593. The SMILES string of the molecule is O=[N+]([O-])c1ccc(OCC(O)CN2CCN(Cc3ccc(F)cc3)CC2)cc1. The molecule has 1 fully saturated rings. The summed E-state index contributed by atoms with van der Waals surface area (Å²) < 4.78 is 18.5. The van der Waals surface area contributed by atoms with Crippen molar-refractivity contribution in [1.82, 2.24) is 9.80 Å². The molecule has 1 aliphatic rings. The van der Waals surface area contributed by atoms with Crippen molar-refractivity contribution < 1.29 is 19.2 Å². The van der Waals surface area contributed by atoms with Crippen LogP contribution in [0.15, 0.2) is 48.5 Å². The lowest BCUT2D eigenvalue weighted by Gasteiger charge is -2.35. The maximum Gasteiger partial charge on any atom is 0.269 e. The van der Waals surface area contributed by atoms with Crippen LogP contribution in [0.1, 0.15) is 5.56 Å². The fourth-order valence-electron chi connectivity index (χ4n) is 3.19. The van der Waals surface area contributed by atoms with E-state index in [2.05, 4.69) is 9.80 Å². The number of nitro groups is 1. The van der Waals surface area contributed by atoms with Crippen molar-refractivity contribution in [3.05, 3.63) is 70.0 Å². The number of non-ortho nitro benzene ring substituents is 1. The second-order valence-corrected chi connectivity index (χ2v) is 6.92. The molecule has 1 atom stereocenters. The van der Waals surface area contributed by atoms with E-state index in [1.807, 2.05) is 0 Å². The third-order valence-electron chi connectivity index (χ3n) is 4.74. The molecule has 1 N–H and O–H groups in total. The van der Waals surface area contributed by atoms with Crippen molar-refractivity contribution in [2.45, 2.75) is 12.6 Å². The molecule has 0 aromatic heterocycles. The van der Waals surface area contributed by atoms with E-state index >= 15 is 0 Å². The van der Waals surface area contributed by atoms with Crippen LogP contribution in [0, 0.1) is 15.9 Å². The molecule has 7 nitrogen and oxygen atoms in total. The third kappa shape index (κ3) is 5.98. The lowest BCUT2D eigenvalue weighted by atomic mass is 10.2.